The lowest BCUT2D eigenvalue weighted by atomic mass is 10.1. The van der Waals surface area contributed by atoms with Crippen molar-refractivity contribution in [2.24, 2.45) is 0 Å². The molecular weight excluding hydrogens is 468 g/mol. The van der Waals surface area contributed by atoms with Gasteiger partial charge < -0.3 is 14.5 Å². The first-order chi connectivity index (χ1) is 16.2. The third-order valence-electron chi connectivity index (χ3n) is 4.70. The van der Waals surface area contributed by atoms with Crippen LogP contribution in [0.2, 0.25) is 0 Å². The fraction of sp³-hybridized carbons (Fsp3) is 0.304. The highest BCUT2D eigenvalue weighted by Crippen LogP contribution is 2.29. The Morgan fingerprint density at radius 3 is 2.56 bits per heavy atom. The molecule has 0 spiro atoms. The maximum atomic E-state index is 14.1. The molecule has 0 aliphatic carbocycles. The third kappa shape index (κ3) is 6.77. The second kappa shape index (κ2) is 11.1. The van der Waals surface area contributed by atoms with E-state index in [-0.39, 0.29) is 30.1 Å². The predicted octanol–water partition coefficient (Wildman–Crippen LogP) is 4.14. The SMILES string of the molecule is CCCCOc1ccccc1-c1nc(C(=O)NCCc2cc(F)c(NS(C)(=O)=O)c(F)c2)co1. The van der Waals surface area contributed by atoms with Crippen molar-refractivity contribution in [3.05, 3.63) is 65.6 Å². The number of halogens is 2. The number of anilines is 1. The summed E-state index contributed by atoms with van der Waals surface area (Å²) in [7, 11) is -3.83. The third-order valence-corrected chi connectivity index (χ3v) is 5.27. The first-order valence-electron chi connectivity index (χ1n) is 10.6. The first-order valence-corrected chi connectivity index (χ1v) is 12.5. The summed E-state index contributed by atoms with van der Waals surface area (Å²) in [4.78, 5) is 16.7. The van der Waals surface area contributed by atoms with E-state index < -0.39 is 33.3 Å². The molecule has 1 heterocycles. The molecule has 0 bridgehead atoms. The lowest BCUT2D eigenvalue weighted by molar-refractivity contribution is 0.0949. The molecule has 1 amide bonds. The Morgan fingerprint density at radius 1 is 1.18 bits per heavy atom. The van der Waals surface area contributed by atoms with Gasteiger partial charge in [-0.1, -0.05) is 25.5 Å². The molecular formula is C23H25F2N3O5S. The van der Waals surface area contributed by atoms with Crippen molar-refractivity contribution in [2.45, 2.75) is 26.2 Å². The van der Waals surface area contributed by atoms with Crippen LogP contribution in [-0.4, -0.2) is 38.7 Å². The van der Waals surface area contributed by atoms with E-state index in [1.165, 1.54) is 6.26 Å². The minimum Gasteiger partial charge on any atom is -0.493 e. The highest BCUT2D eigenvalue weighted by molar-refractivity contribution is 7.92. The molecule has 0 saturated heterocycles. The number of carbonyl (C=O) groups excluding carboxylic acids is 1. The molecule has 0 saturated carbocycles. The van der Waals surface area contributed by atoms with Crippen LogP contribution in [0.25, 0.3) is 11.5 Å². The van der Waals surface area contributed by atoms with Gasteiger partial charge in [0.15, 0.2) is 17.3 Å². The van der Waals surface area contributed by atoms with E-state index in [1.807, 2.05) is 6.07 Å². The van der Waals surface area contributed by atoms with Gasteiger partial charge in [0.05, 0.1) is 18.4 Å². The second-order valence-corrected chi connectivity index (χ2v) is 9.30. The fourth-order valence-corrected chi connectivity index (χ4v) is 3.63. The second-order valence-electron chi connectivity index (χ2n) is 7.55. The van der Waals surface area contributed by atoms with Crippen molar-refractivity contribution in [2.75, 3.05) is 24.1 Å². The standard InChI is InChI=1S/C23H25F2N3O5S/c1-3-4-11-32-20-8-6-5-7-16(20)23-27-19(14-33-23)22(29)26-10-9-15-12-17(24)21(18(25)13-15)28-34(2,30)31/h5-8,12-14,28H,3-4,9-11H2,1-2H3,(H,26,29). The van der Waals surface area contributed by atoms with Crippen molar-refractivity contribution >= 4 is 21.6 Å². The van der Waals surface area contributed by atoms with E-state index in [4.69, 9.17) is 9.15 Å². The number of amides is 1. The normalized spacial score (nSPS) is 11.3. The van der Waals surface area contributed by atoms with Crippen molar-refractivity contribution in [3.63, 3.8) is 0 Å². The maximum Gasteiger partial charge on any atom is 0.273 e. The molecule has 0 unspecified atom stereocenters. The zero-order chi connectivity index (χ0) is 24.7. The van der Waals surface area contributed by atoms with Crippen LogP contribution in [0.15, 0.2) is 47.1 Å². The number of aromatic nitrogens is 1. The van der Waals surface area contributed by atoms with E-state index in [9.17, 15) is 22.0 Å². The lowest BCUT2D eigenvalue weighted by Gasteiger charge is -2.09. The predicted molar refractivity (Wildman–Crippen MR) is 123 cm³/mol. The number of nitrogens with one attached hydrogen (secondary N) is 2. The molecule has 3 rings (SSSR count). The number of unbranched alkanes of at least 4 members (excludes halogenated alkanes) is 1. The molecule has 1 aromatic heterocycles. The van der Waals surface area contributed by atoms with Crippen LogP contribution in [0.4, 0.5) is 14.5 Å². The first kappa shape index (κ1) is 25.2. The van der Waals surface area contributed by atoms with E-state index in [1.54, 1.807) is 22.9 Å². The zero-order valence-electron chi connectivity index (χ0n) is 18.7. The molecule has 11 heteroatoms. The minimum atomic E-state index is -3.83. The Labute approximate surface area is 196 Å². The Balaban J connectivity index is 1.61. The fourth-order valence-electron chi connectivity index (χ4n) is 3.06. The van der Waals surface area contributed by atoms with Crippen LogP contribution in [-0.2, 0) is 16.4 Å². The quantitative estimate of drug-likeness (QED) is 0.389. The van der Waals surface area contributed by atoms with Gasteiger partial charge in [0.2, 0.25) is 15.9 Å². The molecule has 0 aliphatic rings. The number of nitrogens with zero attached hydrogens (tertiary/aromatic N) is 1. The van der Waals surface area contributed by atoms with Crippen molar-refractivity contribution in [3.8, 4) is 17.2 Å². The molecule has 3 aromatic rings. The average molecular weight is 494 g/mol. The molecule has 0 radical (unpaired) electrons. The summed E-state index contributed by atoms with van der Waals surface area (Å²) in [5.41, 5.74) is 0.160. The summed E-state index contributed by atoms with van der Waals surface area (Å²) in [5, 5.41) is 2.61. The lowest BCUT2D eigenvalue weighted by Crippen LogP contribution is -2.26. The number of carbonyl (C=O) groups is 1. The molecule has 8 nitrogen and oxygen atoms in total. The highest BCUT2D eigenvalue weighted by atomic mass is 32.2. The monoisotopic (exact) mass is 493 g/mol. The number of sulfonamides is 1. The molecule has 2 aromatic carbocycles. The average Bonchev–Trinajstić information content (AvgIpc) is 3.26. The van der Waals surface area contributed by atoms with Crippen LogP contribution in [0.3, 0.4) is 0 Å². The summed E-state index contributed by atoms with van der Waals surface area (Å²) < 4.78 is 63.7. The number of hydrogen-bond acceptors (Lipinski definition) is 6. The van der Waals surface area contributed by atoms with Gasteiger partial charge in [-0.2, -0.15) is 0 Å². The molecule has 34 heavy (non-hydrogen) atoms. The highest BCUT2D eigenvalue weighted by Gasteiger charge is 2.17. The van der Waals surface area contributed by atoms with Gasteiger partial charge in [0, 0.05) is 6.54 Å². The van der Waals surface area contributed by atoms with Crippen LogP contribution in [0.5, 0.6) is 5.75 Å². The van der Waals surface area contributed by atoms with Gasteiger partial charge in [-0.15, -0.1) is 0 Å². The zero-order valence-corrected chi connectivity index (χ0v) is 19.5. The summed E-state index contributed by atoms with van der Waals surface area (Å²) in [6.45, 7) is 2.68. The Morgan fingerprint density at radius 2 is 1.88 bits per heavy atom. The molecule has 0 aliphatic heterocycles. The topological polar surface area (TPSA) is 111 Å². The van der Waals surface area contributed by atoms with Gasteiger partial charge in [-0.25, -0.2) is 22.2 Å². The molecule has 0 atom stereocenters. The number of rotatable bonds is 11. The van der Waals surface area contributed by atoms with E-state index >= 15 is 0 Å². The largest absolute Gasteiger partial charge is 0.493 e. The maximum absolute atomic E-state index is 14.1. The minimum absolute atomic E-state index is 0.0448. The van der Waals surface area contributed by atoms with Gasteiger partial charge in [0.25, 0.3) is 5.91 Å². The number of benzene rings is 2. The molecule has 182 valence electrons. The number of ether oxygens (including phenoxy) is 1. The Hall–Kier alpha value is -3.47. The van der Waals surface area contributed by atoms with Gasteiger partial charge >= 0.3 is 0 Å². The Bertz CT molecular complexity index is 1240. The number of oxazole rings is 1. The van der Waals surface area contributed by atoms with Crippen molar-refractivity contribution in [1.29, 1.82) is 0 Å². The van der Waals surface area contributed by atoms with E-state index in [0.29, 0.717) is 17.9 Å². The number of hydrogen-bond donors (Lipinski definition) is 2. The summed E-state index contributed by atoms with van der Waals surface area (Å²) >= 11 is 0. The van der Waals surface area contributed by atoms with E-state index in [0.717, 1.165) is 31.2 Å². The van der Waals surface area contributed by atoms with Gasteiger partial charge in [0.1, 0.15) is 17.7 Å². The van der Waals surface area contributed by atoms with Crippen LogP contribution < -0.4 is 14.8 Å². The van der Waals surface area contributed by atoms with Gasteiger partial charge in [-0.05, 0) is 42.7 Å². The Kier molecular flexibility index (Phi) is 8.21. The summed E-state index contributed by atoms with van der Waals surface area (Å²) in [6, 6.07) is 9.22. The van der Waals surface area contributed by atoms with E-state index in [2.05, 4.69) is 17.2 Å². The van der Waals surface area contributed by atoms with Crippen molar-refractivity contribution in [1.82, 2.24) is 10.3 Å². The van der Waals surface area contributed by atoms with Crippen molar-refractivity contribution < 1.29 is 31.1 Å². The smallest absolute Gasteiger partial charge is 0.273 e. The summed E-state index contributed by atoms with van der Waals surface area (Å²) in [6.07, 6.45) is 4.02. The summed E-state index contributed by atoms with van der Waals surface area (Å²) in [5.74, 6) is -1.78. The van der Waals surface area contributed by atoms with Gasteiger partial charge in [-0.3, -0.25) is 9.52 Å². The van der Waals surface area contributed by atoms with Crippen LogP contribution in [0.1, 0.15) is 35.8 Å². The number of para-hydroxylation sites is 1. The van der Waals surface area contributed by atoms with Crippen LogP contribution in [0, 0.1) is 11.6 Å². The van der Waals surface area contributed by atoms with Crippen LogP contribution >= 0.6 is 0 Å². The molecule has 2 N–H and O–H groups in total. The molecule has 0 fully saturated rings.